The van der Waals surface area contributed by atoms with Crippen LogP contribution in [0.3, 0.4) is 0 Å². The van der Waals surface area contributed by atoms with Gasteiger partial charge in [-0.25, -0.2) is 0 Å². The molecule has 1 aromatic rings. The zero-order valence-electron chi connectivity index (χ0n) is 11.5. The Morgan fingerprint density at radius 2 is 1.65 bits per heavy atom. The first-order valence-corrected chi connectivity index (χ1v) is 6.68. The quantitative estimate of drug-likeness (QED) is 0.628. The van der Waals surface area contributed by atoms with Crippen LogP contribution >= 0.6 is 0 Å². The van der Waals surface area contributed by atoms with Gasteiger partial charge in [-0.15, -0.1) is 0 Å². The molecular weight excluding hydrogens is 274 g/mol. The monoisotopic (exact) mass is 291 g/mol. The molecule has 0 radical (unpaired) electrons. The van der Waals surface area contributed by atoms with Crippen molar-refractivity contribution in [2.45, 2.75) is 26.3 Å². The van der Waals surface area contributed by atoms with E-state index in [1.807, 2.05) is 13.8 Å². The second kappa shape index (κ2) is 5.95. The van der Waals surface area contributed by atoms with Crippen LogP contribution in [0.2, 0.25) is 0 Å². The van der Waals surface area contributed by atoms with Crippen LogP contribution in [0.15, 0.2) is 0 Å². The van der Waals surface area contributed by atoms with Crippen molar-refractivity contribution in [1.82, 2.24) is 9.88 Å². The summed E-state index contributed by atoms with van der Waals surface area (Å²) in [7, 11) is 0. The Labute approximate surface area is 115 Å². The molecule has 0 N–H and O–H groups in total. The molecular formula is C13H17F4N3. The van der Waals surface area contributed by atoms with E-state index in [0.29, 0.717) is 19.5 Å². The number of aromatic nitrogens is 1. The smallest absolute Gasteiger partial charge is 0.253 e. The summed E-state index contributed by atoms with van der Waals surface area (Å²) in [4.78, 5) is 6.08. The van der Waals surface area contributed by atoms with E-state index in [-0.39, 0.29) is 6.04 Å². The predicted molar refractivity (Wildman–Crippen MR) is 67.6 cm³/mol. The van der Waals surface area contributed by atoms with E-state index in [4.69, 9.17) is 0 Å². The Balaban J connectivity index is 2.26. The zero-order valence-corrected chi connectivity index (χ0v) is 11.5. The molecule has 1 aliphatic heterocycles. The van der Waals surface area contributed by atoms with Gasteiger partial charge in [0.15, 0.2) is 0 Å². The molecule has 1 fully saturated rings. The van der Waals surface area contributed by atoms with Gasteiger partial charge in [0.25, 0.3) is 11.9 Å². The highest BCUT2D eigenvalue weighted by Gasteiger charge is 2.32. The minimum Gasteiger partial charge on any atom is -0.365 e. The van der Waals surface area contributed by atoms with Crippen molar-refractivity contribution in [2.75, 3.05) is 31.1 Å². The highest BCUT2D eigenvalue weighted by Crippen LogP contribution is 2.30. The van der Waals surface area contributed by atoms with Crippen LogP contribution in [0, 0.1) is 23.5 Å². The SMILES string of the molecule is CCN(CC)C1CCN(c2c(F)c(F)nc(F)c2F)C1. The van der Waals surface area contributed by atoms with Gasteiger partial charge in [0.1, 0.15) is 5.69 Å². The molecule has 0 bridgehead atoms. The first kappa shape index (κ1) is 15.0. The number of anilines is 1. The summed E-state index contributed by atoms with van der Waals surface area (Å²) in [5.74, 6) is -6.07. The highest BCUT2D eigenvalue weighted by molar-refractivity contribution is 5.49. The summed E-state index contributed by atoms with van der Waals surface area (Å²) in [6.45, 7) is 6.34. The van der Waals surface area contributed by atoms with Crippen LogP contribution in [0.25, 0.3) is 0 Å². The Hall–Kier alpha value is -1.37. The molecule has 1 aliphatic rings. The Morgan fingerprint density at radius 1 is 1.10 bits per heavy atom. The molecule has 1 atom stereocenters. The molecule has 3 nitrogen and oxygen atoms in total. The second-order valence-corrected chi connectivity index (χ2v) is 4.78. The molecule has 2 heterocycles. The number of rotatable bonds is 4. The summed E-state index contributed by atoms with van der Waals surface area (Å²) >= 11 is 0. The van der Waals surface area contributed by atoms with Crippen LogP contribution < -0.4 is 4.90 Å². The maximum Gasteiger partial charge on any atom is 0.253 e. The van der Waals surface area contributed by atoms with Crippen molar-refractivity contribution in [3.63, 3.8) is 0 Å². The van der Waals surface area contributed by atoms with E-state index >= 15 is 0 Å². The third kappa shape index (κ3) is 2.59. The van der Waals surface area contributed by atoms with Crippen LogP contribution in [-0.4, -0.2) is 42.1 Å². The zero-order chi connectivity index (χ0) is 14.9. The third-order valence-electron chi connectivity index (χ3n) is 3.78. The van der Waals surface area contributed by atoms with Gasteiger partial charge in [-0.2, -0.15) is 22.5 Å². The van der Waals surface area contributed by atoms with E-state index in [1.54, 1.807) is 0 Å². The van der Waals surface area contributed by atoms with E-state index in [0.717, 1.165) is 13.1 Å². The van der Waals surface area contributed by atoms with E-state index in [1.165, 1.54) is 4.90 Å². The van der Waals surface area contributed by atoms with Gasteiger partial charge < -0.3 is 4.90 Å². The van der Waals surface area contributed by atoms with Crippen molar-refractivity contribution in [3.05, 3.63) is 23.5 Å². The third-order valence-corrected chi connectivity index (χ3v) is 3.78. The molecule has 0 aliphatic carbocycles. The average molecular weight is 291 g/mol. The van der Waals surface area contributed by atoms with Crippen molar-refractivity contribution < 1.29 is 17.6 Å². The molecule has 20 heavy (non-hydrogen) atoms. The summed E-state index contributed by atoms with van der Waals surface area (Å²) in [6, 6.07) is 0.128. The molecule has 0 aromatic carbocycles. The van der Waals surface area contributed by atoms with Crippen molar-refractivity contribution in [1.29, 1.82) is 0 Å². The van der Waals surface area contributed by atoms with Crippen molar-refractivity contribution >= 4 is 5.69 Å². The largest absolute Gasteiger partial charge is 0.365 e. The van der Waals surface area contributed by atoms with Crippen LogP contribution in [-0.2, 0) is 0 Å². The maximum atomic E-state index is 13.7. The van der Waals surface area contributed by atoms with Crippen molar-refractivity contribution in [3.8, 4) is 0 Å². The standard InChI is InChI=1S/C13H17F4N3/c1-3-19(4-2)8-5-6-20(7-8)11-9(14)12(16)18-13(17)10(11)15/h8H,3-7H2,1-2H3. The maximum absolute atomic E-state index is 13.7. The fourth-order valence-electron chi connectivity index (χ4n) is 2.74. The van der Waals surface area contributed by atoms with Gasteiger partial charge >= 0.3 is 0 Å². The molecule has 1 unspecified atom stereocenters. The molecule has 1 saturated heterocycles. The fraction of sp³-hybridized carbons (Fsp3) is 0.615. The van der Waals surface area contributed by atoms with Gasteiger partial charge in [0, 0.05) is 19.1 Å². The molecule has 7 heteroatoms. The van der Waals surface area contributed by atoms with E-state index < -0.39 is 29.2 Å². The fourth-order valence-corrected chi connectivity index (χ4v) is 2.74. The summed E-state index contributed by atoms with van der Waals surface area (Å²) in [5, 5.41) is 0. The molecule has 0 spiro atoms. The van der Waals surface area contributed by atoms with Crippen LogP contribution in [0.5, 0.6) is 0 Å². The first-order valence-electron chi connectivity index (χ1n) is 6.68. The van der Waals surface area contributed by atoms with Gasteiger partial charge in [0.2, 0.25) is 11.6 Å². The van der Waals surface area contributed by atoms with Crippen LogP contribution in [0.4, 0.5) is 23.2 Å². The number of pyridine rings is 1. The number of hydrogen-bond acceptors (Lipinski definition) is 3. The molecule has 2 rings (SSSR count). The van der Waals surface area contributed by atoms with Gasteiger partial charge in [-0.05, 0) is 19.5 Å². The molecule has 112 valence electrons. The van der Waals surface area contributed by atoms with Gasteiger partial charge in [0.05, 0.1) is 0 Å². The number of halogens is 4. The molecule has 0 amide bonds. The Kier molecular flexibility index (Phi) is 4.47. The van der Waals surface area contributed by atoms with Crippen molar-refractivity contribution in [2.24, 2.45) is 0 Å². The lowest BCUT2D eigenvalue weighted by Crippen LogP contribution is -2.37. The van der Waals surface area contributed by atoms with Gasteiger partial charge in [-0.1, -0.05) is 13.8 Å². The van der Waals surface area contributed by atoms with E-state index in [2.05, 4.69) is 9.88 Å². The predicted octanol–water partition coefficient (Wildman–Crippen LogP) is 2.56. The number of nitrogens with zero attached hydrogens (tertiary/aromatic N) is 3. The summed E-state index contributed by atoms with van der Waals surface area (Å²) in [6.07, 6.45) is 0.701. The Bertz CT molecular complexity index is 465. The van der Waals surface area contributed by atoms with Crippen LogP contribution in [0.1, 0.15) is 20.3 Å². The van der Waals surface area contributed by atoms with E-state index in [9.17, 15) is 17.6 Å². The average Bonchev–Trinajstić information content (AvgIpc) is 2.88. The number of hydrogen-bond donors (Lipinski definition) is 0. The normalized spacial score (nSPS) is 19.1. The molecule has 0 saturated carbocycles. The number of likely N-dealkylation sites (N-methyl/N-ethyl adjacent to an activating group) is 1. The lowest BCUT2D eigenvalue weighted by atomic mass is 10.2. The second-order valence-electron chi connectivity index (χ2n) is 4.78. The molecule has 1 aromatic heterocycles. The highest BCUT2D eigenvalue weighted by atomic mass is 19.2. The summed E-state index contributed by atoms with van der Waals surface area (Å²) in [5.41, 5.74) is -0.648. The lowest BCUT2D eigenvalue weighted by molar-refractivity contribution is 0.232. The topological polar surface area (TPSA) is 19.4 Å². The minimum atomic E-state index is -1.61. The lowest BCUT2D eigenvalue weighted by Gasteiger charge is -2.26. The summed E-state index contributed by atoms with van der Waals surface area (Å²) < 4.78 is 53.6. The minimum absolute atomic E-state index is 0.128. The Morgan fingerprint density at radius 3 is 2.15 bits per heavy atom. The first-order chi connectivity index (χ1) is 9.49. The van der Waals surface area contributed by atoms with Gasteiger partial charge in [-0.3, -0.25) is 4.90 Å².